The number of rotatable bonds is 5. The monoisotopic (exact) mass is 344 g/mol. The largest absolute Gasteiger partial charge is 0.441 e. The second-order valence-electron chi connectivity index (χ2n) is 5.15. The van der Waals surface area contributed by atoms with Crippen LogP contribution in [0.15, 0.2) is 59.1 Å². The molecule has 1 heterocycles. The molecule has 3 rings (SSSR count). The van der Waals surface area contributed by atoms with Crippen molar-refractivity contribution in [3.63, 3.8) is 0 Å². The molecule has 0 aliphatic carbocycles. The summed E-state index contributed by atoms with van der Waals surface area (Å²) in [5.74, 6) is 0.500. The number of nitrogens with one attached hydrogen (secondary N) is 1. The van der Waals surface area contributed by atoms with Crippen LogP contribution in [0.3, 0.4) is 0 Å². The maximum atomic E-state index is 12.9. The van der Waals surface area contributed by atoms with Crippen molar-refractivity contribution in [2.24, 2.45) is 0 Å². The number of anilines is 1. The van der Waals surface area contributed by atoms with Gasteiger partial charge in [-0.25, -0.2) is 9.37 Å². The lowest BCUT2D eigenvalue weighted by molar-refractivity contribution is -0.116. The number of para-hydroxylation sites is 1. The van der Waals surface area contributed by atoms with Gasteiger partial charge in [0.05, 0.1) is 16.9 Å². The highest BCUT2D eigenvalue weighted by atomic mass is 35.5. The number of amides is 1. The van der Waals surface area contributed by atoms with Crippen LogP contribution in [0.4, 0.5) is 10.1 Å². The SMILES string of the molecule is O=C(CCc1ncc(-c2ccc(F)cc2)o1)Nc1ccccc1Cl. The van der Waals surface area contributed by atoms with Crippen LogP contribution < -0.4 is 5.32 Å². The Bertz CT molecular complexity index is 846. The van der Waals surface area contributed by atoms with Crippen LogP contribution in [0.1, 0.15) is 12.3 Å². The molecule has 3 aromatic rings. The number of hydrogen-bond acceptors (Lipinski definition) is 3. The normalized spacial score (nSPS) is 10.6. The lowest BCUT2D eigenvalue weighted by Gasteiger charge is -2.05. The molecular weight excluding hydrogens is 331 g/mol. The first-order valence-corrected chi connectivity index (χ1v) is 7.74. The van der Waals surface area contributed by atoms with Crippen LogP contribution in [0, 0.1) is 5.82 Å². The van der Waals surface area contributed by atoms with Gasteiger partial charge in [-0.15, -0.1) is 0 Å². The maximum absolute atomic E-state index is 12.9. The van der Waals surface area contributed by atoms with E-state index in [0.29, 0.717) is 28.8 Å². The Labute approximate surface area is 143 Å². The molecule has 0 spiro atoms. The molecule has 24 heavy (non-hydrogen) atoms. The van der Waals surface area contributed by atoms with Crippen LogP contribution in [0.25, 0.3) is 11.3 Å². The van der Waals surface area contributed by atoms with Crippen molar-refractivity contribution < 1.29 is 13.6 Å². The summed E-state index contributed by atoms with van der Waals surface area (Å²) in [5, 5.41) is 3.23. The molecule has 1 amide bonds. The molecule has 122 valence electrons. The van der Waals surface area contributed by atoms with Crippen molar-refractivity contribution in [1.29, 1.82) is 0 Å². The zero-order chi connectivity index (χ0) is 16.9. The zero-order valence-electron chi connectivity index (χ0n) is 12.6. The van der Waals surface area contributed by atoms with E-state index in [4.69, 9.17) is 16.0 Å². The van der Waals surface area contributed by atoms with Crippen molar-refractivity contribution in [1.82, 2.24) is 4.98 Å². The highest BCUT2D eigenvalue weighted by Gasteiger charge is 2.10. The predicted octanol–water partition coefficient (Wildman–Crippen LogP) is 4.71. The minimum absolute atomic E-state index is 0.176. The van der Waals surface area contributed by atoms with Crippen molar-refractivity contribution >= 4 is 23.2 Å². The smallest absolute Gasteiger partial charge is 0.224 e. The van der Waals surface area contributed by atoms with Gasteiger partial charge in [-0.2, -0.15) is 0 Å². The Hall–Kier alpha value is -2.66. The Kier molecular flexibility index (Phi) is 4.91. The third-order valence-electron chi connectivity index (χ3n) is 3.40. The summed E-state index contributed by atoms with van der Waals surface area (Å²) < 4.78 is 18.5. The lowest BCUT2D eigenvalue weighted by Crippen LogP contribution is -2.12. The minimum atomic E-state index is -0.310. The minimum Gasteiger partial charge on any atom is -0.441 e. The quantitative estimate of drug-likeness (QED) is 0.729. The second kappa shape index (κ2) is 7.27. The molecule has 0 aliphatic heterocycles. The van der Waals surface area contributed by atoms with Gasteiger partial charge in [0, 0.05) is 18.4 Å². The fourth-order valence-corrected chi connectivity index (χ4v) is 2.35. The van der Waals surface area contributed by atoms with Gasteiger partial charge in [0.1, 0.15) is 5.82 Å². The molecule has 0 atom stereocenters. The van der Waals surface area contributed by atoms with Crippen molar-refractivity contribution in [2.75, 3.05) is 5.32 Å². The van der Waals surface area contributed by atoms with Gasteiger partial charge in [0.15, 0.2) is 11.7 Å². The summed E-state index contributed by atoms with van der Waals surface area (Å²) in [7, 11) is 0. The number of oxazole rings is 1. The number of benzene rings is 2. The van der Waals surface area contributed by atoms with Crippen LogP contribution in [0.5, 0.6) is 0 Å². The van der Waals surface area contributed by atoms with Crippen molar-refractivity contribution in [2.45, 2.75) is 12.8 Å². The molecule has 0 fully saturated rings. The van der Waals surface area contributed by atoms with E-state index in [-0.39, 0.29) is 18.1 Å². The van der Waals surface area contributed by atoms with E-state index in [1.54, 1.807) is 42.6 Å². The van der Waals surface area contributed by atoms with Crippen LogP contribution in [-0.2, 0) is 11.2 Å². The highest BCUT2D eigenvalue weighted by molar-refractivity contribution is 6.33. The first-order valence-electron chi connectivity index (χ1n) is 7.37. The third kappa shape index (κ3) is 4.00. The van der Waals surface area contributed by atoms with Crippen molar-refractivity contribution in [3.05, 3.63) is 71.5 Å². The Balaban J connectivity index is 1.58. The number of nitrogens with zero attached hydrogens (tertiary/aromatic N) is 1. The summed E-state index contributed by atoms with van der Waals surface area (Å²) in [6.07, 6.45) is 2.14. The average molecular weight is 345 g/mol. The van der Waals surface area contributed by atoms with E-state index in [1.807, 2.05) is 0 Å². The summed E-state index contributed by atoms with van der Waals surface area (Å²) in [4.78, 5) is 16.1. The molecule has 0 unspecified atom stereocenters. The molecule has 0 radical (unpaired) electrons. The highest BCUT2D eigenvalue weighted by Crippen LogP contribution is 2.22. The summed E-state index contributed by atoms with van der Waals surface area (Å²) in [6, 6.07) is 13.0. The number of aromatic nitrogens is 1. The van der Waals surface area contributed by atoms with E-state index < -0.39 is 0 Å². The van der Waals surface area contributed by atoms with Gasteiger partial charge in [0.25, 0.3) is 0 Å². The molecule has 0 saturated heterocycles. The summed E-state index contributed by atoms with van der Waals surface area (Å²) >= 11 is 6.00. The molecule has 1 N–H and O–H groups in total. The Morgan fingerprint density at radius 1 is 1.17 bits per heavy atom. The van der Waals surface area contributed by atoms with E-state index >= 15 is 0 Å². The first kappa shape index (κ1) is 16.2. The number of carbonyl (C=O) groups is 1. The number of carbonyl (C=O) groups excluding carboxylic acids is 1. The lowest BCUT2D eigenvalue weighted by atomic mass is 10.2. The third-order valence-corrected chi connectivity index (χ3v) is 3.73. The number of halogens is 2. The van der Waals surface area contributed by atoms with E-state index in [2.05, 4.69) is 10.3 Å². The van der Waals surface area contributed by atoms with Crippen LogP contribution in [-0.4, -0.2) is 10.9 Å². The maximum Gasteiger partial charge on any atom is 0.224 e. The van der Waals surface area contributed by atoms with Gasteiger partial charge in [-0.3, -0.25) is 4.79 Å². The Morgan fingerprint density at radius 2 is 1.92 bits per heavy atom. The second-order valence-corrected chi connectivity index (χ2v) is 5.56. The predicted molar refractivity (Wildman–Crippen MR) is 90.3 cm³/mol. The molecule has 0 aliphatic rings. The molecule has 0 saturated carbocycles. The van der Waals surface area contributed by atoms with Crippen molar-refractivity contribution in [3.8, 4) is 11.3 Å². The van der Waals surface area contributed by atoms with E-state index in [1.165, 1.54) is 12.1 Å². The molecule has 6 heteroatoms. The average Bonchev–Trinajstić information content (AvgIpc) is 3.05. The van der Waals surface area contributed by atoms with Gasteiger partial charge in [-0.1, -0.05) is 23.7 Å². The number of hydrogen-bond donors (Lipinski definition) is 1. The first-order chi connectivity index (χ1) is 11.6. The van der Waals surface area contributed by atoms with Crippen LogP contribution in [0.2, 0.25) is 5.02 Å². The molecule has 1 aromatic heterocycles. The topological polar surface area (TPSA) is 55.1 Å². The fourth-order valence-electron chi connectivity index (χ4n) is 2.17. The molecule has 2 aromatic carbocycles. The molecule has 4 nitrogen and oxygen atoms in total. The van der Waals surface area contributed by atoms with Gasteiger partial charge in [-0.05, 0) is 36.4 Å². The number of aryl methyl sites for hydroxylation is 1. The standard InChI is InChI=1S/C18H14ClFN2O2/c19-14-3-1-2-4-15(14)22-17(23)9-10-18-21-11-16(24-18)12-5-7-13(20)8-6-12/h1-8,11H,9-10H2,(H,22,23). The van der Waals surface area contributed by atoms with Gasteiger partial charge >= 0.3 is 0 Å². The summed E-state index contributed by atoms with van der Waals surface area (Å²) in [6.45, 7) is 0. The molecular formula is C18H14ClFN2O2. The Morgan fingerprint density at radius 3 is 2.67 bits per heavy atom. The van der Waals surface area contributed by atoms with Gasteiger partial charge < -0.3 is 9.73 Å². The summed E-state index contributed by atoms with van der Waals surface area (Å²) in [5.41, 5.74) is 1.30. The van der Waals surface area contributed by atoms with Crippen LogP contribution >= 0.6 is 11.6 Å². The van der Waals surface area contributed by atoms with E-state index in [9.17, 15) is 9.18 Å². The van der Waals surface area contributed by atoms with Gasteiger partial charge in [0.2, 0.25) is 5.91 Å². The zero-order valence-corrected chi connectivity index (χ0v) is 13.4. The molecule has 0 bridgehead atoms. The fraction of sp³-hybridized carbons (Fsp3) is 0.111. The van der Waals surface area contributed by atoms with E-state index in [0.717, 1.165) is 5.56 Å².